The molecule has 0 saturated heterocycles. The van der Waals surface area contributed by atoms with E-state index in [0.29, 0.717) is 5.01 Å². The lowest BCUT2D eigenvalue weighted by molar-refractivity contribution is -0.144. The molecular formula is C10H16N2O4S2. The molecule has 0 saturated carbocycles. The summed E-state index contributed by atoms with van der Waals surface area (Å²) in [6.45, 7) is 3.50. The van der Waals surface area contributed by atoms with E-state index in [9.17, 15) is 13.2 Å². The van der Waals surface area contributed by atoms with Gasteiger partial charge in [-0.15, -0.1) is 11.3 Å². The van der Waals surface area contributed by atoms with E-state index in [-0.39, 0.29) is 12.3 Å². The van der Waals surface area contributed by atoms with Crippen LogP contribution >= 0.6 is 11.3 Å². The Kier molecular flexibility index (Phi) is 5.24. The second-order valence-electron chi connectivity index (χ2n) is 3.91. The lowest BCUT2D eigenvalue weighted by atomic mass is 10.2. The monoisotopic (exact) mass is 292 g/mol. The number of hydrogen-bond acceptors (Lipinski definition) is 6. The number of ether oxygens (including phenoxy) is 1. The van der Waals surface area contributed by atoms with Gasteiger partial charge < -0.3 is 4.74 Å². The number of thiazole rings is 1. The standard InChI is InChI=1S/C10H16N2O4S2/c1-7(10(13)16-3)6-18(14,15)11-4-9-12-8(2)5-17-9/h5,7,11H,4,6H2,1-3H3/t7-/m1/s1. The van der Waals surface area contributed by atoms with Crippen LogP contribution in [-0.2, 0) is 26.1 Å². The zero-order valence-electron chi connectivity index (χ0n) is 10.5. The minimum Gasteiger partial charge on any atom is -0.469 e. The highest BCUT2D eigenvalue weighted by molar-refractivity contribution is 7.89. The van der Waals surface area contributed by atoms with Crippen molar-refractivity contribution >= 4 is 27.3 Å². The van der Waals surface area contributed by atoms with Crippen molar-refractivity contribution in [3.05, 3.63) is 16.1 Å². The molecule has 0 aliphatic rings. The van der Waals surface area contributed by atoms with Crippen molar-refractivity contribution in [2.45, 2.75) is 20.4 Å². The Morgan fingerprint density at radius 1 is 1.61 bits per heavy atom. The predicted molar refractivity (Wildman–Crippen MR) is 68.7 cm³/mol. The number of aryl methyl sites for hydroxylation is 1. The highest BCUT2D eigenvalue weighted by Gasteiger charge is 2.22. The van der Waals surface area contributed by atoms with Gasteiger partial charge in [-0.1, -0.05) is 6.92 Å². The van der Waals surface area contributed by atoms with Crippen molar-refractivity contribution in [1.29, 1.82) is 0 Å². The average Bonchev–Trinajstić information content (AvgIpc) is 2.71. The third-order valence-corrected chi connectivity index (χ3v) is 4.67. The van der Waals surface area contributed by atoms with Crippen LogP contribution in [0, 0.1) is 12.8 Å². The zero-order valence-corrected chi connectivity index (χ0v) is 12.1. The molecule has 8 heteroatoms. The lowest BCUT2D eigenvalue weighted by Gasteiger charge is -2.10. The van der Waals surface area contributed by atoms with E-state index < -0.39 is 21.9 Å². The third-order valence-electron chi connectivity index (χ3n) is 2.18. The summed E-state index contributed by atoms with van der Waals surface area (Å²) in [4.78, 5) is 15.3. The van der Waals surface area contributed by atoms with Crippen LogP contribution in [0.3, 0.4) is 0 Å². The number of hydrogen-bond donors (Lipinski definition) is 1. The van der Waals surface area contributed by atoms with Crippen molar-refractivity contribution in [3.8, 4) is 0 Å². The fourth-order valence-corrected chi connectivity index (χ4v) is 3.38. The maximum Gasteiger partial charge on any atom is 0.309 e. The fourth-order valence-electron chi connectivity index (χ4n) is 1.31. The van der Waals surface area contributed by atoms with E-state index in [1.165, 1.54) is 25.4 Å². The topological polar surface area (TPSA) is 85.4 Å². The molecular weight excluding hydrogens is 276 g/mol. The van der Waals surface area contributed by atoms with E-state index in [1.807, 2.05) is 12.3 Å². The largest absolute Gasteiger partial charge is 0.469 e. The number of carbonyl (C=O) groups excluding carboxylic acids is 1. The van der Waals surface area contributed by atoms with Gasteiger partial charge in [-0.2, -0.15) is 0 Å². The Balaban J connectivity index is 2.52. The van der Waals surface area contributed by atoms with Crippen LogP contribution in [-0.4, -0.2) is 32.2 Å². The molecule has 0 aliphatic heterocycles. The molecule has 1 heterocycles. The molecule has 0 radical (unpaired) electrons. The van der Waals surface area contributed by atoms with Crippen LogP contribution in [0.5, 0.6) is 0 Å². The van der Waals surface area contributed by atoms with Gasteiger partial charge in [-0.3, -0.25) is 4.79 Å². The molecule has 1 aromatic heterocycles. The van der Waals surface area contributed by atoms with Crippen LogP contribution in [0.4, 0.5) is 0 Å². The van der Waals surface area contributed by atoms with E-state index >= 15 is 0 Å². The second-order valence-corrected chi connectivity index (χ2v) is 6.70. The van der Waals surface area contributed by atoms with E-state index in [4.69, 9.17) is 0 Å². The predicted octanol–water partition coefficient (Wildman–Crippen LogP) is 0.680. The van der Waals surface area contributed by atoms with Crippen molar-refractivity contribution < 1.29 is 17.9 Å². The van der Waals surface area contributed by atoms with Gasteiger partial charge in [0.2, 0.25) is 10.0 Å². The number of aromatic nitrogens is 1. The van der Waals surface area contributed by atoms with Gasteiger partial charge in [-0.25, -0.2) is 18.1 Å². The number of sulfonamides is 1. The molecule has 0 aromatic carbocycles. The molecule has 1 rings (SSSR count). The van der Waals surface area contributed by atoms with Gasteiger partial charge in [0, 0.05) is 11.1 Å². The zero-order chi connectivity index (χ0) is 13.8. The summed E-state index contributed by atoms with van der Waals surface area (Å²) in [5.74, 6) is -1.51. The normalized spacial score (nSPS) is 13.3. The molecule has 0 fully saturated rings. The van der Waals surface area contributed by atoms with Crippen LogP contribution < -0.4 is 4.72 Å². The Morgan fingerprint density at radius 3 is 2.78 bits per heavy atom. The quantitative estimate of drug-likeness (QED) is 0.779. The van der Waals surface area contributed by atoms with Crippen molar-refractivity contribution in [3.63, 3.8) is 0 Å². The summed E-state index contributed by atoms with van der Waals surface area (Å²) >= 11 is 1.39. The maximum absolute atomic E-state index is 11.7. The fraction of sp³-hybridized carbons (Fsp3) is 0.600. The Labute approximate surface area is 110 Å². The number of carbonyl (C=O) groups is 1. The number of esters is 1. The molecule has 0 unspecified atom stereocenters. The van der Waals surface area contributed by atoms with E-state index in [1.54, 1.807) is 0 Å². The minimum atomic E-state index is -3.51. The summed E-state index contributed by atoms with van der Waals surface area (Å²) in [5.41, 5.74) is 0.858. The number of methoxy groups -OCH3 is 1. The third kappa shape index (κ3) is 4.71. The first-order chi connectivity index (χ1) is 8.34. The molecule has 6 nitrogen and oxygen atoms in total. The van der Waals surface area contributed by atoms with Crippen LogP contribution in [0.1, 0.15) is 17.6 Å². The van der Waals surface area contributed by atoms with Gasteiger partial charge in [0.05, 0.1) is 25.3 Å². The van der Waals surface area contributed by atoms with Crippen molar-refractivity contribution in [2.24, 2.45) is 5.92 Å². The number of rotatable bonds is 6. The summed E-state index contributed by atoms with van der Waals surface area (Å²) in [6.07, 6.45) is 0. The maximum atomic E-state index is 11.7. The van der Waals surface area contributed by atoms with Gasteiger partial charge in [0.1, 0.15) is 5.01 Å². The van der Waals surface area contributed by atoms with Crippen molar-refractivity contribution in [2.75, 3.05) is 12.9 Å². The molecule has 1 N–H and O–H groups in total. The summed E-state index contributed by atoms with van der Waals surface area (Å²) in [6, 6.07) is 0. The number of nitrogens with one attached hydrogen (secondary N) is 1. The van der Waals surface area contributed by atoms with Crippen LogP contribution in [0.2, 0.25) is 0 Å². The second kappa shape index (κ2) is 6.26. The highest BCUT2D eigenvalue weighted by atomic mass is 32.2. The molecule has 102 valence electrons. The highest BCUT2D eigenvalue weighted by Crippen LogP contribution is 2.09. The molecule has 0 spiro atoms. The molecule has 1 aromatic rings. The first-order valence-electron chi connectivity index (χ1n) is 5.30. The molecule has 1 atom stereocenters. The Morgan fingerprint density at radius 2 is 2.28 bits per heavy atom. The van der Waals surface area contributed by atoms with Crippen LogP contribution in [0.25, 0.3) is 0 Å². The van der Waals surface area contributed by atoms with Gasteiger partial charge >= 0.3 is 5.97 Å². The van der Waals surface area contributed by atoms with E-state index in [0.717, 1.165) is 5.69 Å². The smallest absolute Gasteiger partial charge is 0.309 e. The summed E-state index contributed by atoms with van der Waals surface area (Å²) in [5, 5.41) is 2.54. The first kappa shape index (κ1) is 15.1. The van der Waals surface area contributed by atoms with Gasteiger partial charge in [0.25, 0.3) is 0 Å². The van der Waals surface area contributed by atoms with Crippen LogP contribution in [0.15, 0.2) is 5.38 Å². The Bertz CT molecular complexity index is 510. The summed E-state index contributed by atoms with van der Waals surface area (Å²) < 4.78 is 30.3. The molecule has 0 amide bonds. The van der Waals surface area contributed by atoms with Gasteiger partial charge in [0.15, 0.2) is 0 Å². The molecule has 18 heavy (non-hydrogen) atoms. The molecule has 0 bridgehead atoms. The van der Waals surface area contributed by atoms with Gasteiger partial charge in [-0.05, 0) is 6.92 Å². The van der Waals surface area contributed by atoms with Crippen molar-refractivity contribution in [1.82, 2.24) is 9.71 Å². The average molecular weight is 292 g/mol. The summed E-state index contributed by atoms with van der Waals surface area (Å²) in [7, 11) is -2.28. The first-order valence-corrected chi connectivity index (χ1v) is 7.83. The van der Waals surface area contributed by atoms with E-state index in [2.05, 4.69) is 14.4 Å². The molecule has 0 aliphatic carbocycles. The SMILES string of the molecule is COC(=O)[C@H](C)CS(=O)(=O)NCc1nc(C)cs1. The lowest BCUT2D eigenvalue weighted by Crippen LogP contribution is -2.31. The minimum absolute atomic E-state index is 0.148. The Hall–Kier alpha value is -0.990. The number of nitrogens with zero attached hydrogens (tertiary/aromatic N) is 1.